The monoisotopic (exact) mass is 286 g/mol. The molecule has 0 aliphatic rings. The molecule has 1 unspecified atom stereocenters. The number of aliphatic carboxylic acids is 1. The highest BCUT2D eigenvalue weighted by atomic mass is 16.4. The van der Waals surface area contributed by atoms with Crippen LogP contribution in [0.25, 0.3) is 0 Å². The van der Waals surface area contributed by atoms with Crippen LogP contribution in [0.1, 0.15) is 47.5 Å². The molecular formula is C15H30N2O3. The Morgan fingerprint density at radius 3 is 2.20 bits per heavy atom. The quantitative estimate of drug-likeness (QED) is 0.756. The van der Waals surface area contributed by atoms with Gasteiger partial charge in [0, 0.05) is 26.6 Å². The molecule has 5 nitrogen and oxygen atoms in total. The molecule has 118 valence electrons. The first-order valence-corrected chi connectivity index (χ1v) is 7.22. The summed E-state index contributed by atoms with van der Waals surface area (Å²) in [6.45, 7) is 11.4. The maximum absolute atomic E-state index is 12.0. The molecule has 0 saturated heterocycles. The number of nitrogens with one attached hydrogen (secondary N) is 1. The number of hydrogen-bond acceptors (Lipinski definition) is 2. The van der Waals surface area contributed by atoms with E-state index in [0.717, 1.165) is 6.42 Å². The summed E-state index contributed by atoms with van der Waals surface area (Å²) in [6.07, 6.45) is 0.900. The maximum atomic E-state index is 12.0. The van der Waals surface area contributed by atoms with E-state index in [1.54, 1.807) is 11.9 Å². The summed E-state index contributed by atoms with van der Waals surface area (Å²) in [7, 11) is 1.76. The number of carbonyl (C=O) groups excluding carboxylic acids is 1. The summed E-state index contributed by atoms with van der Waals surface area (Å²) in [5, 5.41) is 11.7. The van der Waals surface area contributed by atoms with E-state index in [0.29, 0.717) is 19.0 Å². The Morgan fingerprint density at radius 1 is 1.25 bits per heavy atom. The first-order chi connectivity index (χ1) is 9.01. The van der Waals surface area contributed by atoms with Gasteiger partial charge < -0.3 is 15.3 Å². The molecule has 2 amide bonds. The molecule has 2 N–H and O–H groups in total. The number of hydrogen-bond donors (Lipinski definition) is 2. The Hall–Kier alpha value is -1.26. The van der Waals surface area contributed by atoms with Crippen LogP contribution >= 0.6 is 0 Å². The lowest BCUT2D eigenvalue weighted by Gasteiger charge is -2.27. The zero-order valence-corrected chi connectivity index (χ0v) is 13.7. The van der Waals surface area contributed by atoms with Gasteiger partial charge in [0.1, 0.15) is 0 Å². The van der Waals surface area contributed by atoms with Crippen molar-refractivity contribution in [1.82, 2.24) is 10.2 Å². The summed E-state index contributed by atoms with van der Waals surface area (Å²) in [5.74, 6) is -0.406. The second kappa shape index (κ2) is 8.12. The number of amides is 2. The zero-order chi connectivity index (χ0) is 15.9. The van der Waals surface area contributed by atoms with Gasteiger partial charge in [0.15, 0.2) is 0 Å². The summed E-state index contributed by atoms with van der Waals surface area (Å²) in [5.41, 5.74) is 0.0461. The van der Waals surface area contributed by atoms with Crippen molar-refractivity contribution in [3.8, 4) is 0 Å². The molecule has 0 aromatic rings. The predicted octanol–water partition coefficient (Wildman–Crippen LogP) is 2.81. The van der Waals surface area contributed by atoms with E-state index in [1.807, 2.05) is 0 Å². The minimum absolute atomic E-state index is 0.0144. The standard InChI is InChI=1S/C15H30N2O3/c1-11(2)7-12(8-13(18)19)9-16-14(20)17(6)10-15(3,4)5/h11-12H,7-10H2,1-6H3,(H,16,20)(H,18,19). The Morgan fingerprint density at radius 2 is 1.80 bits per heavy atom. The van der Waals surface area contributed by atoms with Crippen molar-refractivity contribution in [2.75, 3.05) is 20.1 Å². The van der Waals surface area contributed by atoms with Crippen molar-refractivity contribution in [2.45, 2.75) is 47.5 Å². The number of urea groups is 1. The molecule has 0 aromatic carbocycles. The van der Waals surface area contributed by atoms with Gasteiger partial charge in [0.2, 0.25) is 0 Å². The van der Waals surface area contributed by atoms with Gasteiger partial charge in [0.25, 0.3) is 0 Å². The van der Waals surface area contributed by atoms with Gasteiger partial charge in [-0.3, -0.25) is 4.79 Å². The van der Waals surface area contributed by atoms with Crippen molar-refractivity contribution < 1.29 is 14.7 Å². The van der Waals surface area contributed by atoms with Crippen LogP contribution in [-0.2, 0) is 4.79 Å². The van der Waals surface area contributed by atoms with Gasteiger partial charge >= 0.3 is 12.0 Å². The van der Waals surface area contributed by atoms with E-state index in [9.17, 15) is 9.59 Å². The van der Waals surface area contributed by atoms with Crippen molar-refractivity contribution in [2.24, 2.45) is 17.3 Å². The van der Waals surface area contributed by atoms with Crippen molar-refractivity contribution in [1.29, 1.82) is 0 Å². The van der Waals surface area contributed by atoms with E-state index in [2.05, 4.69) is 39.9 Å². The Kier molecular flexibility index (Phi) is 7.61. The topological polar surface area (TPSA) is 69.6 Å². The largest absolute Gasteiger partial charge is 0.481 e. The van der Waals surface area contributed by atoms with Gasteiger partial charge in [-0.15, -0.1) is 0 Å². The third kappa shape index (κ3) is 9.64. The van der Waals surface area contributed by atoms with Gasteiger partial charge in [-0.05, 0) is 23.7 Å². The maximum Gasteiger partial charge on any atom is 0.317 e. The lowest BCUT2D eigenvalue weighted by molar-refractivity contribution is -0.138. The average Bonchev–Trinajstić information content (AvgIpc) is 2.21. The predicted molar refractivity (Wildman–Crippen MR) is 80.7 cm³/mol. The first kappa shape index (κ1) is 18.7. The van der Waals surface area contributed by atoms with E-state index < -0.39 is 5.97 Å². The van der Waals surface area contributed by atoms with E-state index in [1.165, 1.54) is 0 Å². The highest BCUT2D eigenvalue weighted by Crippen LogP contribution is 2.16. The van der Waals surface area contributed by atoms with Crippen LogP contribution < -0.4 is 5.32 Å². The number of carboxylic acid groups (broad SMARTS) is 1. The molecule has 0 saturated carbocycles. The highest BCUT2D eigenvalue weighted by molar-refractivity contribution is 5.74. The van der Waals surface area contributed by atoms with Crippen LogP contribution in [0, 0.1) is 17.3 Å². The Balaban J connectivity index is 4.32. The van der Waals surface area contributed by atoms with Crippen molar-refractivity contribution in [3.63, 3.8) is 0 Å². The van der Waals surface area contributed by atoms with Crippen LogP contribution in [0.5, 0.6) is 0 Å². The molecule has 0 fully saturated rings. The summed E-state index contributed by atoms with van der Waals surface area (Å²) in [6, 6.07) is -0.140. The minimum Gasteiger partial charge on any atom is -0.481 e. The second-order valence-corrected chi connectivity index (χ2v) is 7.20. The van der Waals surface area contributed by atoms with Gasteiger partial charge in [-0.25, -0.2) is 4.79 Å². The van der Waals surface area contributed by atoms with Crippen LogP contribution in [0.2, 0.25) is 0 Å². The number of carboxylic acids is 1. The van der Waals surface area contributed by atoms with E-state index >= 15 is 0 Å². The van der Waals surface area contributed by atoms with Gasteiger partial charge in [0.05, 0.1) is 0 Å². The molecule has 0 aliphatic carbocycles. The molecule has 0 aliphatic heterocycles. The van der Waals surface area contributed by atoms with Crippen LogP contribution in [0.15, 0.2) is 0 Å². The second-order valence-electron chi connectivity index (χ2n) is 7.20. The Bertz CT molecular complexity index is 322. The Labute approximate surface area is 122 Å². The highest BCUT2D eigenvalue weighted by Gasteiger charge is 2.20. The fourth-order valence-corrected chi connectivity index (χ4v) is 2.30. The molecular weight excluding hydrogens is 256 g/mol. The molecule has 0 aromatic heterocycles. The van der Waals surface area contributed by atoms with Crippen molar-refractivity contribution in [3.05, 3.63) is 0 Å². The van der Waals surface area contributed by atoms with Gasteiger partial charge in [-0.1, -0.05) is 34.6 Å². The normalized spacial score (nSPS) is 13.2. The number of nitrogens with zero attached hydrogens (tertiary/aromatic N) is 1. The molecule has 0 rings (SSSR count). The third-order valence-electron chi connectivity index (χ3n) is 2.87. The molecule has 0 heterocycles. The smallest absolute Gasteiger partial charge is 0.317 e. The molecule has 5 heteroatoms. The summed E-state index contributed by atoms with van der Waals surface area (Å²) >= 11 is 0. The molecule has 0 radical (unpaired) electrons. The van der Waals surface area contributed by atoms with Crippen LogP contribution in [-0.4, -0.2) is 42.1 Å². The lowest BCUT2D eigenvalue weighted by Crippen LogP contribution is -2.43. The fourth-order valence-electron chi connectivity index (χ4n) is 2.30. The minimum atomic E-state index is -0.812. The molecule has 0 bridgehead atoms. The average molecular weight is 286 g/mol. The van der Waals surface area contributed by atoms with E-state index in [4.69, 9.17) is 5.11 Å². The number of carbonyl (C=O) groups is 2. The lowest BCUT2D eigenvalue weighted by atomic mass is 9.94. The van der Waals surface area contributed by atoms with Crippen LogP contribution in [0.3, 0.4) is 0 Å². The van der Waals surface area contributed by atoms with Gasteiger partial charge in [-0.2, -0.15) is 0 Å². The zero-order valence-electron chi connectivity index (χ0n) is 13.7. The van der Waals surface area contributed by atoms with Crippen LogP contribution in [0.4, 0.5) is 4.79 Å². The van der Waals surface area contributed by atoms with E-state index in [-0.39, 0.29) is 23.8 Å². The molecule has 20 heavy (non-hydrogen) atoms. The number of rotatable bonds is 7. The fraction of sp³-hybridized carbons (Fsp3) is 0.867. The molecule has 0 spiro atoms. The SMILES string of the molecule is CC(C)CC(CNC(=O)N(C)CC(C)(C)C)CC(=O)O. The summed E-state index contributed by atoms with van der Waals surface area (Å²) < 4.78 is 0. The molecule has 1 atom stereocenters. The van der Waals surface area contributed by atoms with Crippen molar-refractivity contribution >= 4 is 12.0 Å². The summed E-state index contributed by atoms with van der Waals surface area (Å²) in [4.78, 5) is 24.4. The third-order valence-corrected chi connectivity index (χ3v) is 2.87. The first-order valence-electron chi connectivity index (χ1n) is 7.22.